The molecule has 1 aliphatic heterocycles. The second kappa shape index (κ2) is 5.04. The molecule has 1 heterocycles. The van der Waals surface area contributed by atoms with Crippen LogP contribution in [0.25, 0.3) is 0 Å². The number of carboxylic acids is 1. The highest BCUT2D eigenvalue weighted by Crippen LogP contribution is 2.22. The average Bonchev–Trinajstić information content (AvgIpc) is 2.55. The molecule has 0 spiro atoms. The van der Waals surface area contributed by atoms with E-state index in [9.17, 15) is 9.59 Å². The highest BCUT2D eigenvalue weighted by atomic mass is 35.5. The van der Waals surface area contributed by atoms with Gasteiger partial charge in [-0.3, -0.25) is 4.79 Å². The first-order valence-corrected chi connectivity index (χ1v) is 5.15. The quantitative estimate of drug-likeness (QED) is 0.566. The molecule has 15 heavy (non-hydrogen) atoms. The van der Waals surface area contributed by atoms with Crippen molar-refractivity contribution in [1.29, 1.82) is 0 Å². The van der Waals surface area contributed by atoms with Crippen LogP contribution in [0, 0.1) is 18.3 Å². The van der Waals surface area contributed by atoms with Crippen molar-refractivity contribution in [1.82, 2.24) is 4.90 Å². The largest absolute Gasteiger partial charge is 0.480 e. The summed E-state index contributed by atoms with van der Waals surface area (Å²) in [6.45, 7) is 0.390. The summed E-state index contributed by atoms with van der Waals surface area (Å²) in [6.07, 6.45) is 5.43. The first kappa shape index (κ1) is 11.9. The van der Waals surface area contributed by atoms with E-state index >= 15 is 0 Å². The molecule has 1 amide bonds. The third-order valence-electron chi connectivity index (χ3n) is 2.43. The fraction of sp³-hybridized carbons (Fsp3) is 0.600. The van der Waals surface area contributed by atoms with Crippen LogP contribution >= 0.6 is 11.6 Å². The molecular weight excluding hydrogens is 218 g/mol. The third-order valence-corrected chi connectivity index (χ3v) is 2.87. The fourth-order valence-corrected chi connectivity index (χ4v) is 1.86. The number of nitrogens with zero attached hydrogens (tertiary/aromatic N) is 1. The van der Waals surface area contributed by atoms with Crippen LogP contribution in [0.4, 0.5) is 0 Å². The Kier molecular flexibility index (Phi) is 3.98. The first-order chi connectivity index (χ1) is 7.10. The molecule has 4 nitrogen and oxygen atoms in total. The molecule has 0 aromatic rings. The summed E-state index contributed by atoms with van der Waals surface area (Å²) in [7, 11) is 0. The van der Waals surface area contributed by atoms with Gasteiger partial charge in [-0.2, -0.15) is 0 Å². The molecule has 0 aromatic carbocycles. The lowest BCUT2D eigenvalue weighted by molar-refractivity contribution is -0.148. The van der Waals surface area contributed by atoms with Crippen LogP contribution in [0.15, 0.2) is 0 Å². The van der Waals surface area contributed by atoms with Gasteiger partial charge in [0.1, 0.15) is 6.04 Å². The zero-order chi connectivity index (χ0) is 11.4. The number of hydrogen-bond acceptors (Lipinski definition) is 2. The second-order valence-corrected chi connectivity index (χ2v) is 3.84. The summed E-state index contributed by atoms with van der Waals surface area (Å²) in [5, 5.41) is 8.92. The summed E-state index contributed by atoms with van der Waals surface area (Å²) in [5.41, 5.74) is 0. The molecule has 0 bridgehead atoms. The molecule has 0 aliphatic carbocycles. The Morgan fingerprint density at radius 1 is 1.80 bits per heavy atom. The zero-order valence-electron chi connectivity index (χ0n) is 8.15. The van der Waals surface area contributed by atoms with Gasteiger partial charge in [-0.05, 0) is 5.92 Å². The molecule has 1 N–H and O–H groups in total. The van der Waals surface area contributed by atoms with Gasteiger partial charge in [0.15, 0.2) is 0 Å². The SMILES string of the molecule is C#CCC(C(=O)O)N1CC(CCl)CC1=O. The number of carbonyl (C=O) groups excluding carboxylic acids is 1. The van der Waals surface area contributed by atoms with Gasteiger partial charge in [-0.1, -0.05) is 0 Å². The molecule has 5 heteroatoms. The summed E-state index contributed by atoms with van der Waals surface area (Å²) < 4.78 is 0. The van der Waals surface area contributed by atoms with E-state index in [0.29, 0.717) is 18.8 Å². The lowest BCUT2D eigenvalue weighted by Gasteiger charge is -2.22. The summed E-state index contributed by atoms with van der Waals surface area (Å²) in [5.74, 6) is 1.44. The van der Waals surface area contributed by atoms with Crippen molar-refractivity contribution in [2.45, 2.75) is 18.9 Å². The van der Waals surface area contributed by atoms with E-state index < -0.39 is 12.0 Å². The molecule has 2 unspecified atom stereocenters. The smallest absolute Gasteiger partial charge is 0.327 e. The van der Waals surface area contributed by atoms with E-state index in [4.69, 9.17) is 23.1 Å². The molecule has 0 radical (unpaired) electrons. The van der Waals surface area contributed by atoms with Crippen LogP contribution in [0.5, 0.6) is 0 Å². The van der Waals surface area contributed by atoms with E-state index in [0.717, 1.165) is 0 Å². The van der Waals surface area contributed by atoms with Crippen molar-refractivity contribution in [3.63, 3.8) is 0 Å². The number of rotatable bonds is 4. The van der Waals surface area contributed by atoms with Crippen molar-refractivity contribution >= 4 is 23.5 Å². The van der Waals surface area contributed by atoms with Crippen molar-refractivity contribution in [3.05, 3.63) is 0 Å². The highest BCUT2D eigenvalue weighted by Gasteiger charge is 2.36. The van der Waals surface area contributed by atoms with Gasteiger partial charge < -0.3 is 10.0 Å². The molecule has 82 valence electrons. The van der Waals surface area contributed by atoms with Gasteiger partial charge in [-0.25, -0.2) is 4.79 Å². The second-order valence-electron chi connectivity index (χ2n) is 3.53. The van der Waals surface area contributed by atoms with E-state index in [1.807, 2.05) is 0 Å². The number of alkyl halides is 1. The van der Waals surface area contributed by atoms with Crippen molar-refractivity contribution < 1.29 is 14.7 Å². The van der Waals surface area contributed by atoms with Crippen molar-refractivity contribution in [3.8, 4) is 12.3 Å². The summed E-state index contributed by atoms with van der Waals surface area (Å²) in [4.78, 5) is 23.7. The minimum Gasteiger partial charge on any atom is -0.480 e. The van der Waals surface area contributed by atoms with Crippen LogP contribution in [-0.4, -0.2) is 40.3 Å². The van der Waals surface area contributed by atoms with Crippen LogP contribution in [0.2, 0.25) is 0 Å². The summed E-state index contributed by atoms with van der Waals surface area (Å²) >= 11 is 5.63. The maximum absolute atomic E-state index is 11.5. The van der Waals surface area contributed by atoms with E-state index in [1.165, 1.54) is 4.90 Å². The predicted octanol–water partition coefficient (Wildman–Crippen LogP) is 0.550. The topological polar surface area (TPSA) is 57.6 Å². The third kappa shape index (κ3) is 2.63. The number of amides is 1. The minimum absolute atomic E-state index is 0.0378. The molecular formula is C10H12ClNO3. The Morgan fingerprint density at radius 2 is 2.47 bits per heavy atom. The number of likely N-dealkylation sites (tertiary alicyclic amines) is 1. The van der Waals surface area contributed by atoms with Crippen LogP contribution in [-0.2, 0) is 9.59 Å². The van der Waals surface area contributed by atoms with Gasteiger partial charge in [0.25, 0.3) is 0 Å². The van der Waals surface area contributed by atoms with Gasteiger partial charge in [0.2, 0.25) is 5.91 Å². The average molecular weight is 230 g/mol. The lowest BCUT2D eigenvalue weighted by atomic mass is 10.1. The normalized spacial score (nSPS) is 22.5. The number of halogens is 1. The molecule has 2 atom stereocenters. The zero-order valence-corrected chi connectivity index (χ0v) is 8.91. The number of aliphatic carboxylic acids is 1. The van der Waals surface area contributed by atoms with E-state index in [-0.39, 0.29) is 18.2 Å². The molecule has 1 saturated heterocycles. The number of terminal acetylenes is 1. The number of hydrogen-bond donors (Lipinski definition) is 1. The molecule has 1 rings (SSSR count). The van der Waals surface area contributed by atoms with Gasteiger partial charge in [-0.15, -0.1) is 23.9 Å². The highest BCUT2D eigenvalue weighted by molar-refractivity contribution is 6.18. The maximum atomic E-state index is 11.5. The van der Waals surface area contributed by atoms with Gasteiger partial charge >= 0.3 is 5.97 Å². The lowest BCUT2D eigenvalue weighted by Crippen LogP contribution is -2.42. The van der Waals surface area contributed by atoms with E-state index in [1.54, 1.807) is 0 Å². The fourth-order valence-electron chi connectivity index (χ4n) is 1.66. The van der Waals surface area contributed by atoms with Gasteiger partial charge in [0.05, 0.1) is 0 Å². The molecule has 1 aliphatic rings. The Balaban J connectivity index is 2.73. The van der Waals surface area contributed by atoms with Crippen molar-refractivity contribution in [2.75, 3.05) is 12.4 Å². The minimum atomic E-state index is -1.06. The Labute approximate surface area is 93.2 Å². The van der Waals surface area contributed by atoms with E-state index in [2.05, 4.69) is 5.92 Å². The number of carbonyl (C=O) groups is 2. The van der Waals surface area contributed by atoms with Gasteiger partial charge in [0, 0.05) is 25.3 Å². The van der Waals surface area contributed by atoms with Crippen LogP contribution in [0.3, 0.4) is 0 Å². The Morgan fingerprint density at radius 3 is 2.87 bits per heavy atom. The summed E-state index contributed by atoms with van der Waals surface area (Å²) in [6, 6.07) is -0.907. The Bertz CT molecular complexity index is 310. The monoisotopic (exact) mass is 229 g/mol. The van der Waals surface area contributed by atoms with Crippen LogP contribution < -0.4 is 0 Å². The molecule has 0 aromatic heterocycles. The predicted molar refractivity (Wildman–Crippen MR) is 55.4 cm³/mol. The first-order valence-electron chi connectivity index (χ1n) is 4.61. The number of carboxylic acid groups (broad SMARTS) is 1. The van der Waals surface area contributed by atoms with Crippen molar-refractivity contribution in [2.24, 2.45) is 5.92 Å². The maximum Gasteiger partial charge on any atom is 0.327 e. The Hall–Kier alpha value is -1.21. The molecule has 1 fully saturated rings. The standard InChI is InChI=1S/C10H12ClNO3/c1-2-3-8(10(14)15)12-6-7(5-11)4-9(12)13/h1,7-8H,3-6H2,(H,14,15). The van der Waals surface area contributed by atoms with Crippen LogP contribution in [0.1, 0.15) is 12.8 Å². The molecule has 0 saturated carbocycles.